The molecule has 0 aliphatic carbocycles. The SMILES string of the molecule is Cc1nn(-c2ccccc2)c(-n2nnc3ccccc32)c1C1C=C(c2ccc(-c3ccccc3)cc2)Nc2nncn21. The zero-order chi connectivity index (χ0) is 28.0. The van der Waals surface area contributed by atoms with Crippen molar-refractivity contribution >= 4 is 22.7 Å². The Morgan fingerprint density at radius 2 is 1.38 bits per heavy atom. The quantitative estimate of drug-likeness (QED) is 0.275. The number of nitrogens with one attached hydrogen (secondary N) is 1. The molecule has 0 saturated heterocycles. The Morgan fingerprint density at radius 1 is 0.690 bits per heavy atom. The van der Waals surface area contributed by atoms with E-state index < -0.39 is 0 Å². The van der Waals surface area contributed by atoms with Crippen molar-refractivity contribution in [3.63, 3.8) is 0 Å². The van der Waals surface area contributed by atoms with Gasteiger partial charge in [-0.1, -0.05) is 90.1 Å². The predicted molar refractivity (Wildman–Crippen MR) is 162 cm³/mol. The average molecular weight is 548 g/mol. The van der Waals surface area contributed by atoms with Gasteiger partial charge in [0.15, 0.2) is 5.82 Å². The van der Waals surface area contributed by atoms with E-state index in [1.54, 1.807) is 6.33 Å². The van der Waals surface area contributed by atoms with Crippen LogP contribution in [0.1, 0.15) is 22.9 Å². The Labute approximate surface area is 241 Å². The minimum Gasteiger partial charge on any atom is -0.324 e. The molecule has 0 bridgehead atoms. The highest BCUT2D eigenvalue weighted by Gasteiger charge is 2.31. The normalized spacial score (nSPS) is 14.4. The summed E-state index contributed by atoms with van der Waals surface area (Å²) >= 11 is 0. The number of aromatic nitrogens is 8. The van der Waals surface area contributed by atoms with Crippen LogP contribution in [0.15, 0.2) is 122 Å². The van der Waals surface area contributed by atoms with Crippen LogP contribution >= 0.6 is 0 Å². The van der Waals surface area contributed by atoms with Crippen molar-refractivity contribution in [2.75, 3.05) is 5.32 Å². The Hall–Kier alpha value is -5.83. The standard InChI is InChI=1S/C33H25N9/c1-22-31(32(41(38-22)26-12-6-3-7-13-26)42-29-15-9-8-14-27(29)36-39-42)30-20-28(35-33-37-34-21-40(30)33)25-18-16-24(17-19-25)23-10-4-2-5-11-23/h2-21,30H,1H3,(H,35,37). The van der Waals surface area contributed by atoms with E-state index in [1.807, 2.05) is 81.5 Å². The minimum atomic E-state index is -0.254. The third kappa shape index (κ3) is 3.90. The number of fused-ring (bicyclic) bond motifs is 2. The van der Waals surface area contributed by atoms with Gasteiger partial charge in [-0.05, 0) is 54.0 Å². The Bertz CT molecular complexity index is 2070. The van der Waals surface area contributed by atoms with Crippen LogP contribution in [-0.2, 0) is 0 Å². The molecule has 0 radical (unpaired) electrons. The first kappa shape index (κ1) is 24.0. The molecule has 1 aliphatic rings. The third-order valence-electron chi connectivity index (χ3n) is 7.68. The molecule has 42 heavy (non-hydrogen) atoms. The number of benzene rings is 4. The predicted octanol–water partition coefficient (Wildman–Crippen LogP) is 6.23. The van der Waals surface area contributed by atoms with Gasteiger partial charge in [-0.15, -0.1) is 15.3 Å². The second kappa shape index (κ2) is 9.67. The van der Waals surface area contributed by atoms with Gasteiger partial charge in [0.1, 0.15) is 11.8 Å². The molecule has 0 amide bonds. The zero-order valence-corrected chi connectivity index (χ0v) is 22.7. The summed E-state index contributed by atoms with van der Waals surface area (Å²) in [5.41, 5.74) is 8.83. The van der Waals surface area contributed by atoms with E-state index in [-0.39, 0.29) is 6.04 Å². The number of aryl methyl sites for hydroxylation is 1. The van der Waals surface area contributed by atoms with E-state index in [0.717, 1.165) is 50.6 Å². The van der Waals surface area contributed by atoms with Crippen LogP contribution in [-0.4, -0.2) is 39.5 Å². The fourth-order valence-corrected chi connectivity index (χ4v) is 5.65. The van der Waals surface area contributed by atoms with E-state index in [1.165, 1.54) is 5.56 Å². The molecule has 0 saturated carbocycles. The highest BCUT2D eigenvalue weighted by molar-refractivity contribution is 5.80. The fourth-order valence-electron chi connectivity index (χ4n) is 5.65. The summed E-state index contributed by atoms with van der Waals surface area (Å²) in [4.78, 5) is 0. The summed E-state index contributed by atoms with van der Waals surface area (Å²) in [6, 6.07) is 36.8. The number of rotatable bonds is 5. The lowest BCUT2D eigenvalue weighted by atomic mass is 9.99. The van der Waals surface area contributed by atoms with E-state index >= 15 is 0 Å². The van der Waals surface area contributed by atoms with E-state index in [4.69, 9.17) is 5.10 Å². The summed E-state index contributed by atoms with van der Waals surface area (Å²) in [6.45, 7) is 2.03. The van der Waals surface area contributed by atoms with Crippen LogP contribution < -0.4 is 5.32 Å². The van der Waals surface area contributed by atoms with Crippen molar-refractivity contribution < 1.29 is 0 Å². The van der Waals surface area contributed by atoms with E-state index in [2.05, 4.69) is 80.4 Å². The van der Waals surface area contributed by atoms with Crippen LogP contribution in [0.25, 0.3) is 39.4 Å². The molecule has 4 heterocycles. The fraction of sp³-hybridized carbons (Fsp3) is 0.0606. The van der Waals surface area contributed by atoms with Gasteiger partial charge in [0.2, 0.25) is 5.95 Å². The molecular formula is C33H25N9. The lowest BCUT2D eigenvalue weighted by molar-refractivity contribution is 0.674. The first-order chi connectivity index (χ1) is 20.7. The summed E-state index contributed by atoms with van der Waals surface area (Å²) in [5.74, 6) is 1.47. The highest BCUT2D eigenvalue weighted by Crippen LogP contribution is 2.38. The molecule has 9 nitrogen and oxygen atoms in total. The van der Waals surface area contributed by atoms with Gasteiger partial charge in [-0.2, -0.15) is 9.78 Å². The number of anilines is 1. The summed E-state index contributed by atoms with van der Waals surface area (Å²) in [5, 5.41) is 26.3. The van der Waals surface area contributed by atoms with Crippen molar-refractivity contribution in [1.29, 1.82) is 0 Å². The number of nitrogens with zero attached hydrogens (tertiary/aromatic N) is 8. The molecular weight excluding hydrogens is 522 g/mol. The molecule has 7 aromatic rings. The third-order valence-corrected chi connectivity index (χ3v) is 7.68. The summed E-state index contributed by atoms with van der Waals surface area (Å²) in [7, 11) is 0. The first-order valence-electron chi connectivity index (χ1n) is 13.7. The van der Waals surface area contributed by atoms with Crippen LogP contribution in [0, 0.1) is 6.92 Å². The average Bonchev–Trinajstić information content (AvgIpc) is 3.78. The van der Waals surface area contributed by atoms with Crippen LogP contribution in [0.2, 0.25) is 0 Å². The maximum Gasteiger partial charge on any atom is 0.229 e. The summed E-state index contributed by atoms with van der Waals surface area (Å²) < 4.78 is 5.86. The van der Waals surface area contributed by atoms with E-state index in [9.17, 15) is 0 Å². The smallest absolute Gasteiger partial charge is 0.229 e. The Balaban J connectivity index is 1.31. The molecule has 0 spiro atoms. The lowest BCUT2D eigenvalue weighted by Crippen LogP contribution is -2.21. The molecule has 8 rings (SSSR count). The van der Waals surface area contributed by atoms with Crippen LogP contribution in [0.4, 0.5) is 5.95 Å². The largest absolute Gasteiger partial charge is 0.324 e. The van der Waals surface area contributed by atoms with Gasteiger partial charge in [0.05, 0.1) is 22.9 Å². The van der Waals surface area contributed by atoms with Crippen molar-refractivity contribution in [2.24, 2.45) is 0 Å². The number of para-hydroxylation sites is 2. The molecule has 1 aliphatic heterocycles. The number of hydrogen-bond acceptors (Lipinski definition) is 6. The van der Waals surface area contributed by atoms with Gasteiger partial charge < -0.3 is 5.32 Å². The molecule has 1 N–H and O–H groups in total. The molecule has 1 unspecified atom stereocenters. The molecule has 1 atom stereocenters. The first-order valence-corrected chi connectivity index (χ1v) is 13.7. The van der Waals surface area contributed by atoms with Crippen molar-refractivity contribution in [1.82, 2.24) is 39.5 Å². The van der Waals surface area contributed by atoms with Gasteiger partial charge in [0, 0.05) is 11.3 Å². The lowest BCUT2D eigenvalue weighted by Gasteiger charge is -2.25. The van der Waals surface area contributed by atoms with Gasteiger partial charge in [-0.25, -0.2) is 4.68 Å². The molecule has 202 valence electrons. The highest BCUT2D eigenvalue weighted by atomic mass is 15.5. The Morgan fingerprint density at radius 3 is 2.19 bits per heavy atom. The topological polar surface area (TPSA) is 91.3 Å². The zero-order valence-electron chi connectivity index (χ0n) is 22.7. The summed E-state index contributed by atoms with van der Waals surface area (Å²) in [6.07, 6.45) is 3.96. The maximum absolute atomic E-state index is 5.04. The molecule has 4 aromatic carbocycles. The monoisotopic (exact) mass is 547 g/mol. The van der Waals surface area contributed by atoms with Crippen molar-refractivity contribution in [3.8, 4) is 22.6 Å². The minimum absolute atomic E-state index is 0.254. The van der Waals surface area contributed by atoms with Crippen molar-refractivity contribution in [3.05, 3.63) is 138 Å². The van der Waals surface area contributed by atoms with Gasteiger partial charge >= 0.3 is 0 Å². The maximum atomic E-state index is 5.04. The second-order valence-electron chi connectivity index (χ2n) is 10.2. The number of hydrogen-bond donors (Lipinski definition) is 1. The van der Waals surface area contributed by atoms with Crippen LogP contribution in [0.3, 0.4) is 0 Å². The van der Waals surface area contributed by atoms with Crippen molar-refractivity contribution in [2.45, 2.75) is 13.0 Å². The van der Waals surface area contributed by atoms with Crippen LogP contribution in [0.5, 0.6) is 0 Å². The Kier molecular flexibility index (Phi) is 5.53. The number of allylic oxidation sites excluding steroid dienone is 1. The molecule has 3 aromatic heterocycles. The second-order valence-corrected chi connectivity index (χ2v) is 10.2. The van der Waals surface area contributed by atoms with Gasteiger partial charge in [-0.3, -0.25) is 4.57 Å². The van der Waals surface area contributed by atoms with E-state index in [0.29, 0.717) is 5.95 Å². The molecule has 0 fully saturated rings. The van der Waals surface area contributed by atoms with Gasteiger partial charge in [0.25, 0.3) is 0 Å². The molecule has 9 heteroatoms.